The Balaban J connectivity index is 4.69. The summed E-state index contributed by atoms with van der Waals surface area (Å²) in [5.74, 6) is 0. The smallest absolute Gasteiger partial charge is 0.295 e. The second-order valence-electron chi connectivity index (χ2n) is 1.54. The van der Waals surface area contributed by atoms with Gasteiger partial charge >= 0.3 is 15.4 Å². The summed E-state index contributed by atoms with van der Waals surface area (Å²) in [5, 5.41) is -4.44. The van der Waals surface area contributed by atoms with Crippen LogP contribution in [0.2, 0.25) is 0 Å². The topological polar surface area (TPSA) is 60.4 Å². The van der Waals surface area contributed by atoms with Crippen molar-refractivity contribution in [2.75, 3.05) is 6.61 Å². The number of hydrogen-bond acceptors (Lipinski definition) is 4. The molecule has 0 amide bonds. The number of carbonyl (C=O) groups excluding carboxylic acids is 1. The number of carbonyl (C=O) groups is 1. The maximum atomic E-state index is 12.0. The van der Waals surface area contributed by atoms with E-state index in [1.165, 1.54) is 6.92 Å². The zero-order chi connectivity index (χ0) is 9.12. The van der Waals surface area contributed by atoms with Gasteiger partial charge in [-0.2, -0.15) is 17.2 Å². The maximum absolute atomic E-state index is 12.0. The number of aldehydes is 1. The van der Waals surface area contributed by atoms with Crippen molar-refractivity contribution in [3.05, 3.63) is 0 Å². The number of hydrogen-bond donors (Lipinski definition) is 0. The van der Waals surface area contributed by atoms with Crippen LogP contribution in [-0.4, -0.2) is 26.6 Å². The Morgan fingerprint density at radius 2 is 2.00 bits per heavy atom. The van der Waals surface area contributed by atoms with Gasteiger partial charge in [0.1, 0.15) is 0 Å². The van der Waals surface area contributed by atoms with Crippen molar-refractivity contribution in [1.82, 2.24) is 0 Å². The molecule has 0 aliphatic heterocycles. The van der Waals surface area contributed by atoms with Crippen LogP contribution in [0.4, 0.5) is 8.78 Å². The van der Waals surface area contributed by atoms with E-state index >= 15 is 0 Å². The summed E-state index contributed by atoms with van der Waals surface area (Å²) < 4.78 is 48.3. The van der Waals surface area contributed by atoms with Gasteiger partial charge in [0.05, 0.1) is 6.61 Å². The zero-order valence-corrected chi connectivity index (χ0v) is 6.40. The molecule has 0 aliphatic carbocycles. The zero-order valence-electron chi connectivity index (χ0n) is 5.58. The minimum Gasteiger partial charge on any atom is -0.295 e. The van der Waals surface area contributed by atoms with Gasteiger partial charge in [-0.1, -0.05) is 0 Å². The van der Waals surface area contributed by atoms with E-state index in [4.69, 9.17) is 0 Å². The van der Waals surface area contributed by atoms with Crippen molar-refractivity contribution in [2.45, 2.75) is 12.2 Å². The molecule has 11 heavy (non-hydrogen) atoms. The van der Waals surface area contributed by atoms with Crippen LogP contribution in [0.15, 0.2) is 0 Å². The first kappa shape index (κ1) is 10.4. The monoisotopic (exact) mass is 188 g/mol. The van der Waals surface area contributed by atoms with Crippen molar-refractivity contribution in [2.24, 2.45) is 0 Å². The highest BCUT2D eigenvalue weighted by atomic mass is 32.2. The van der Waals surface area contributed by atoms with Gasteiger partial charge < -0.3 is 0 Å². The lowest BCUT2D eigenvalue weighted by molar-refractivity contribution is -0.120. The van der Waals surface area contributed by atoms with E-state index in [0.717, 1.165) is 0 Å². The molecule has 0 fully saturated rings. The molecule has 0 saturated heterocycles. The van der Waals surface area contributed by atoms with Crippen molar-refractivity contribution in [3.8, 4) is 0 Å². The first-order valence-electron chi connectivity index (χ1n) is 2.60. The fourth-order valence-corrected chi connectivity index (χ4v) is 0.878. The summed E-state index contributed by atoms with van der Waals surface area (Å²) in [4.78, 5) is 9.54. The molecule has 0 bridgehead atoms. The summed E-state index contributed by atoms with van der Waals surface area (Å²) in [6, 6.07) is 0. The molecule has 0 saturated carbocycles. The lowest BCUT2D eigenvalue weighted by Crippen LogP contribution is -2.32. The average molecular weight is 188 g/mol. The standard InChI is InChI=1S/C4H6F2O4S/c1-2-10-11(8,9)4(5,6)3-7/h3H,2H2,1H3. The lowest BCUT2D eigenvalue weighted by atomic mass is 10.8. The average Bonchev–Trinajstić information content (AvgIpc) is 1.87. The molecule has 0 aromatic carbocycles. The van der Waals surface area contributed by atoms with Gasteiger partial charge in [-0.15, -0.1) is 0 Å². The van der Waals surface area contributed by atoms with Crippen LogP contribution in [0.1, 0.15) is 6.92 Å². The van der Waals surface area contributed by atoms with E-state index in [1.54, 1.807) is 0 Å². The fourth-order valence-electron chi connectivity index (χ4n) is 0.293. The summed E-state index contributed by atoms with van der Waals surface area (Å²) in [6.07, 6.45) is -0.974. The van der Waals surface area contributed by atoms with Gasteiger partial charge in [0.15, 0.2) is 0 Å². The molecule has 0 rings (SSSR count). The minimum absolute atomic E-state index is 0.425. The predicted octanol–water partition coefficient (Wildman–Crippen LogP) is 0.144. The van der Waals surface area contributed by atoms with Gasteiger partial charge in [-0.3, -0.25) is 8.98 Å². The van der Waals surface area contributed by atoms with Crippen LogP contribution in [0.5, 0.6) is 0 Å². The molecule has 66 valence electrons. The summed E-state index contributed by atoms with van der Waals surface area (Å²) in [7, 11) is -5.06. The summed E-state index contributed by atoms with van der Waals surface area (Å²) in [5.41, 5.74) is 0. The largest absolute Gasteiger partial charge is 0.424 e. The molecule has 0 aromatic rings. The Morgan fingerprint density at radius 1 is 1.55 bits per heavy atom. The highest BCUT2D eigenvalue weighted by Gasteiger charge is 2.45. The van der Waals surface area contributed by atoms with Crippen LogP contribution in [-0.2, 0) is 19.1 Å². The number of halogens is 2. The van der Waals surface area contributed by atoms with Crippen LogP contribution < -0.4 is 0 Å². The Hall–Kier alpha value is -0.560. The number of alkyl halides is 2. The molecule has 0 heterocycles. The molecule has 7 heteroatoms. The van der Waals surface area contributed by atoms with E-state index in [0.29, 0.717) is 0 Å². The van der Waals surface area contributed by atoms with E-state index in [9.17, 15) is 22.0 Å². The van der Waals surface area contributed by atoms with E-state index in [-0.39, 0.29) is 0 Å². The second-order valence-corrected chi connectivity index (χ2v) is 3.23. The molecule has 0 aliphatic rings. The Bertz CT molecular complexity index is 232. The molecular formula is C4H6F2O4S. The second kappa shape index (κ2) is 3.22. The third kappa shape index (κ3) is 2.19. The minimum atomic E-state index is -5.06. The molecule has 0 unspecified atom stereocenters. The molecule has 0 radical (unpaired) electrons. The normalized spacial score (nSPS) is 13.0. The quantitative estimate of drug-likeness (QED) is 0.465. The SMILES string of the molecule is CCOS(=O)(=O)C(F)(F)C=O. The van der Waals surface area contributed by atoms with E-state index in [2.05, 4.69) is 4.18 Å². The molecule has 0 N–H and O–H groups in total. The lowest BCUT2D eigenvalue weighted by Gasteiger charge is -2.07. The molecule has 0 atom stereocenters. The Kier molecular flexibility index (Phi) is 3.06. The van der Waals surface area contributed by atoms with Crippen LogP contribution in [0.3, 0.4) is 0 Å². The van der Waals surface area contributed by atoms with Gasteiger partial charge in [-0.25, -0.2) is 0 Å². The Morgan fingerprint density at radius 3 is 2.27 bits per heavy atom. The summed E-state index contributed by atoms with van der Waals surface area (Å²) >= 11 is 0. The third-order valence-corrected chi connectivity index (χ3v) is 2.05. The summed E-state index contributed by atoms with van der Waals surface area (Å²) in [6.45, 7) is 0.796. The molecular weight excluding hydrogens is 182 g/mol. The van der Waals surface area contributed by atoms with Crippen molar-refractivity contribution < 1.29 is 26.2 Å². The van der Waals surface area contributed by atoms with Crippen molar-refractivity contribution in [3.63, 3.8) is 0 Å². The van der Waals surface area contributed by atoms with Gasteiger partial charge in [0, 0.05) is 0 Å². The highest BCUT2D eigenvalue weighted by Crippen LogP contribution is 2.19. The maximum Gasteiger partial charge on any atom is 0.424 e. The highest BCUT2D eigenvalue weighted by molar-refractivity contribution is 7.88. The third-order valence-electron chi connectivity index (χ3n) is 0.744. The van der Waals surface area contributed by atoms with Gasteiger partial charge in [-0.05, 0) is 6.92 Å². The number of rotatable bonds is 4. The van der Waals surface area contributed by atoms with Crippen molar-refractivity contribution >= 4 is 16.4 Å². The van der Waals surface area contributed by atoms with Gasteiger partial charge in [0.25, 0.3) is 0 Å². The fraction of sp³-hybridized carbons (Fsp3) is 0.750. The molecule has 0 spiro atoms. The van der Waals surface area contributed by atoms with Gasteiger partial charge in [0.2, 0.25) is 6.29 Å². The first-order chi connectivity index (χ1) is 4.87. The predicted molar refractivity (Wildman–Crippen MR) is 31.6 cm³/mol. The van der Waals surface area contributed by atoms with Crippen molar-refractivity contribution in [1.29, 1.82) is 0 Å². The molecule has 4 nitrogen and oxygen atoms in total. The van der Waals surface area contributed by atoms with Crippen LogP contribution >= 0.6 is 0 Å². The Labute approximate surface area is 62.3 Å². The van der Waals surface area contributed by atoms with Crippen LogP contribution in [0, 0.1) is 0 Å². The van der Waals surface area contributed by atoms with E-state index < -0.39 is 28.3 Å². The van der Waals surface area contributed by atoms with E-state index in [1.807, 2.05) is 0 Å². The molecule has 0 aromatic heterocycles. The van der Waals surface area contributed by atoms with Crippen LogP contribution in [0.25, 0.3) is 0 Å². The first-order valence-corrected chi connectivity index (χ1v) is 4.01.